The Bertz CT molecular complexity index is 422. The van der Waals surface area contributed by atoms with Crippen molar-refractivity contribution in [1.82, 2.24) is 0 Å². The van der Waals surface area contributed by atoms with Crippen molar-refractivity contribution < 1.29 is 9.90 Å². The number of rotatable bonds is 0. The molecule has 0 saturated carbocycles. The molecule has 0 radical (unpaired) electrons. The Kier molecular flexibility index (Phi) is 1.75. The number of nitrogens with zero attached hydrogens (tertiary/aromatic N) is 1. The minimum Gasteiger partial charge on any atom is -0.508 e. The summed E-state index contributed by atoms with van der Waals surface area (Å²) in [7, 11) is 0. The fourth-order valence-corrected chi connectivity index (χ4v) is 2.63. The SMILES string of the molecule is O=C1CCc2cc(O)cc3c2N1CCC3. The molecule has 3 rings (SSSR count). The van der Waals surface area contributed by atoms with Crippen LogP contribution in [0.15, 0.2) is 12.1 Å². The molecule has 78 valence electrons. The smallest absolute Gasteiger partial charge is 0.227 e. The molecule has 0 spiro atoms. The quantitative estimate of drug-likeness (QED) is 0.696. The zero-order valence-corrected chi connectivity index (χ0v) is 8.49. The molecule has 1 aromatic rings. The van der Waals surface area contributed by atoms with E-state index in [9.17, 15) is 9.90 Å². The second-order valence-corrected chi connectivity index (χ2v) is 4.26. The molecule has 2 aliphatic rings. The van der Waals surface area contributed by atoms with Crippen LogP contribution in [0.1, 0.15) is 24.0 Å². The van der Waals surface area contributed by atoms with Crippen LogP contribution >= 0.6 is 0 Å². The second-order valence-electron chi connectivity index (χ2n) is 4.26. The lowest BCUT2D eigenvalue weighted by Gasteiger charge is -2.35. The lowest BCUT2D eigenvalue weighted by atomic mass is 9.91. The lowest BCUT2D eigenvalue weighted by Crippen LogP contribution is -2.39. The van der Waals surface area contributed by atoms with Crippen molar-refractivity contribution in [3.05, 3.63) is 23.3 Å². The van der Waals surface area contributed by atoms with E-state index in [0.29, 0.717) is 12.2 Å². The molecule has 15 heavy (non-hydrogen) atoms. The van der Waals surface area contributed by atoms with Crippen LogP contribution in [0.2, 0.25) is 0 Å². The van der Waals surface area contributed by atoms with Gasteiger partial charge in [-0.05, 0) is 42.5 Å². The van der Waals surface area contributed by atoms with Crippen molar-refractivity contribution in [2.75, 3.05) is 11.4 Å². The van der Waals surface area contributed by atoms with Crippen LogP contribution in [-0.2, 0) is 17.6 Å². The number of aryl methyl sites for hydroxylation is 2. The number of phenolic OH excluding ortho intramolecular Hbond substituents is 1. The Hall–Kier alpha value is -1.51. The van der Waals surface area contributed by atoms with Gasteiger partial charge in [0, 0.05) is 13.0 Å². The van der Waals surface area contributed by atoms with Gasteiger partial charge >= 0.3 is 0 Å². The molecule has 0 bridgehead atoms. The highest BCUT2D eigenvalue weighted by molar-refractivity contribution is 5.97. The summed E-state index contributed by atoms with van der Waals surface area (Å²) in [5.74, 6) is 0.564. The van der Waals surface area contributed by atoms with Crippen molar-refractivity contribution in [2.24, 2.45) is 0 Å². The lowest BCUT2D eigenvalue weighted by molar-refractivity contribution is -0.119. The molecule has 0 atom stereocenters. The predicted molar refractivity (Wildman–Crippen MR) is 57.1 cm³/mol. The Morgan fingerprint density at radius 3 is 2.67 bits per heavy atom. The van der Waals surface area contributed by atoms with E-state index in [4.69, 9.17) is 0 Å². The van der Waals surface area contributed by atoms with Gasteiger partial charge in [-0.1, -0.05) is 0 Å². The standard InChI is InChI=1S/C12H13NO2/c14-10-6-8-2-1-5-13-11(15)4-3-9(7-10)12(8)13/h6-7,14H,1-5H2. The highest BCUT2D eigenvalue weighted by Gasteiger charge is 2.29. The van der Waals surface area contributed by atoms with Gasteiger partial charge in [0.15, 0.2) is 0 Å². The minimum absolute atomic E-state index is 0.231. The number of phenols is 1. The van der Waals surface area contributed by atoms with Crippen LogP contribution in [0, 0.1) is 0 Å². The maximum Gasteiger partial charge on any atom is 0.227 e. The van der Waals surface area contributed by atoms with Crippen molar-refractivity contribution in [3.63, 3.8) is 0 Å². The first kappa shape index (κ1) is 8.77. The number of carbonyl (C=O) groups is 1. The molecule has 0 saturated heterocycles. The fraction of sp³-hybridized carbons (Fsp3) is 0.417. The maximum absolute atomic E-state index is 11.7. The molecular formula is C12H13NO2. The third kappa shape index (κ3) is 1.23. The van der Waals surface area contributed by atoms with E-state index in [-0.39, 0.29) is 5.91 Å². The number of anilines is 1. The van der Waals surface area contributed by atoms with E-state index >= 15 is 0 Å². The highest BCUT2D eigenvalue weighted by Crippen LogP contribution is 2.37. The Balaban J connectivity index is 2.22. The summed E-state index contributed by atoms with van der Waals surface area (Å²) in [5.41, 5.74) is 3.34. The first-order chi connectivity index (χ1) is 7.25. The molecule has 1 amide bonds. The largest absolute Gasteiger partial charge is 0.508 e. The minimum atomic E-state index is 0.231. The van der Waals surface area contributed by atoms with Crippen LogP contribution in [0.4, 0.5) is 5.69 Å². The van der Waals surface area contributed by atoms with E-state index in [1.165, 1.54) is 0 Å². The molecule has 3 heteroatoms. The molecule has 0 fully saturated rings. The van der Waals surface area contributed by atoms with Crippen LogP contribution in [0.5, 0.6) is 5.75 Å². The van der Waals surface area contributed by atoms with Gasteiger partial charge in [-0.25, -0.2) is 0 Å². The van der Waals surface area contributed by atoms with Crippen LogP contribution in [0.25, 0.3) is 0 Å². The summed E-state index contributed by atoms with van der Waals surface area (Å²) < 4.78 is 0. The molecule has 0 aromatic heterocycles. The van der Waals surface area contributed by atoms with Crippen LogP contribution < -0.4 is 4.90 Å². The monoisotopic (exact) mass is 203 g/mol. The van der Waals surface area contributed by atoms with Crippen LogP contribution in [-0.4, -0.2) is 17.6 Å². The molecule has 3 nitrogen and oxygen atoms in total. The summed E-state index contributed by atoms with van der Waals surface area (Å²) in [6, 6.07) is 3.59. The summed E-state index contributed by atoms with van der Waals surface area (Å²) in [6.45, 7) is 0.837. The van der Waals surface area contributed by atoms with Gasteiger partial charge in [-0.15, -0.1) is 0 Å². The topological polar surface area (TPSA) is 40.5 Å². The third-order valence-corrected chi connectivity index (χ3v) is 3.26. The van der Waals surface area contributed by atoms with Gasteiger partial charge in [0.1, 0.15) is 5.75 Å². The Morgan fingerprint density at radius 1 is 1.13 bits per heavy atom. The predicted octanol–water partition coefficient (Wildman–Crippen LogP) is 1.62. The van der Waals surface area contributed by atoms with Crippen molar-refractivity contribution in [3.8, 4) is 5.75 Å². The normalized spacial score (nSPS) is 18.9. The van der Waals surface area contributed by atoms with Crippen LogP contribution in [0.3, 0.4) is 0 Å². The van der Waals surface area contributed by atoms with Gasteiger partial charge in [-0.2, -0.15) is 0 Å². The number of hydrogen-bond donors (Lipinski definition) is 1. The van der Waals surface area contributed by atoms with E-state index < -0.39 is 0 Å². The molecule has 2 aliphatic heterocycles. The molecule has 0 unspecified atom stereocenters. The number of benzene rings is 1. The van der Waals surface area contributed by atoms with Crippen molar-refractivity contribution >= 4 is 11.6 Å². The zero-order valence-electron chi connectivity index (χ0n) is 8.49. The van der Waals surface area contributed by atoms with Gasteiger partial charge in [0.05, 0.1) is 5.69 Å². The molecule has 1 N–H and O–H groups in total. The molecule has 2 heterocycles. The number of amides is 1. The summed E-state index contributed by atoms with van der Waals surface area (Å²) >= 11 is 0. The zero-order chi connectivity index (χ0) is 10.4. The number of aromatic hydroxyl groups is 1. The molecular weight excluding hydrogens is 190 g/mol. The van der Waals surface area contributed by atoms with Crippen molar-refractivity contribution in [1.29, 1.82) is 0 Å². The van der Waals surface area contributed by atoms with Crippen molar-refractivity contribution in [2.45, 2.75) is 25.7 Å². The van der Waals surface area contributed by atoms with Gasteiger partial charge in [0.2, 0.25) is 5.91 Å². The molecule has 0 aliphatic carbocycles. The summed E-state index contributed by atoms with van der Waals surface area (Å²) in [6.07, 6.45) is 3.32. The number of hydrogen-bond acceptors (Lipinski definition) is 2. The third-order valence-electron chi connectivity index (χ3n) is 3.26. The average molecular weight is 203 g/mol. The van der Waals surface area contributed by atoms with Gasteiger partial charge in [-0.3, -0.25) is 4.79 Å². The summed E-state index contributed by atoms with van der Waals surface area (Å²) in [5, 5.41) is 9.57. The average Bonchev–Trinajstić information content (AvgIpc) is 2.23. The molecule has 1 aromatic carbocycles. The van der Waals surface area contributed by atoms with E-state index in [0.717, 1.165) is 42.6 Å². The van der Waals surface area contributed by atoms with Gasteiger partial charge < -0.3 is 10.0 Å². The maximum atomic E-state index is 11.7. The van der Waals surface area contributed by atoms with E-state index in [1.807, 2.05) is 4.90 Å². The number of carbonyl (C=O) groups excluding carboxylic acids is 1. The second kappa shape index (κ2) is 2.99. The first-order valence-corrected chi connectivity index (χ1v) is 5.41. The fourth-order valence-electron chi connectivity index (χ4n) is 2.63. The Labute approximate surface area is 88.3 Å². The van der Waals surface area contributed by atoms with E-state index in [1.54, 1.807) is 12.1 Å². The Morgan fingerprint density at radius 2 is 1.87 bits per heavy atom. The van der Waals surface area contributed by atoms with E-state index in [2.05, 4.69) is 0 Å². The highest BCUT2D eigenvalue weighted by atomic mass is 16.3. The first-order valence-electron chi connectivity index (χ1n) is 5.41. The summed E-state index contributed by atoms with van der Waals surface area (Å²) in [4.78, 5) is 13.6. The van der Waals surface area contributed by atoms with Gasteiger partial charge in [0.25, 0.3) is 0 Å².